The van der Waals surface area contributed by atoms with Gasteiger partial charge in [0, 0.05) is 6.42 Å². The molecule has 0 aromatic carbocycles. The van der Waals surface area contributed by atoms with Crippen LogP contribution in [-0.4, -0.2) is 22.3 Å². The third-order valence-electron chi connectivity index (χ3n) is 3.56. The molecule has 1 fully saturated rings. The molecule has 0 spiro atoms. The summed E-state index contributed by atoms with van der Waals surface area (Å²) >= 11 is 0. The van der Waals surface area contributed by atoms with Gasteiger partial charge in [-0.3, -0.25) is 4.79 Å². The first-order valence-electron chi connectivity index (χ1n) is 6.51. The summed E-state index contributed by atoms with van der Waals surface area (Å²) in [5.41, 5.74) is 0. The van der Waals surface area contributed by atoms with Crippen LogP contribution in [0.3, 0.4) is 0 Å². The SMILES string of the molecule is C[C@H]1C[C@@H]1C(O)CCCCCCCC(=O)O. The predicted octanol–water partition coefficient (Wildman–Crippen LogP) is 2.82. The second-order valence-electron chi connectivity index (χ2n) is 5.14. The fraction of sp³-hybridized carbons (Fsp3) is 0.923. The van der Waals surface area contributed by atoms with Crippen molar-refractivity contribution in [2.24, 2.45) is 11.8 Å². The van der Waals surface area contributed by atoms with Crippen molar-refractivity contribution in [3.63, 3.8) is 0 Å². The minimum Gasteiger partial charge on any atom is -0.481 e. The van der Waals surface area contributed by atoms with Crippen molar-refractivity contribution in [1.82, 2.24) is 0 Å². The summed E-state index contributed by atoms with van der Waals surface area (Å²) in [4.78, 5) is 10.3. The second kappa shape index (κ2) is 6.89. The summed E-state index contributed by atoms with van der Waals surface area (Å²) in [5.74, 6) is 0.593. The predicted molar refractivity (Wildman–Crippen MR) is 63.2 cm³/mol. The minimum absolute atomic E-state index is 0.0889. The van der Waals surface area contributed by atoms with Crippen LogP contribution in [-0.2, 0) is 4.79 Å². The first kappa shape index (κ1) is 13.5. The Hall–Kier alpha value is -0.570. The number of aliphatic hydroxyl groups excluding tert-OH is 1. The van der Waals surface area contributed by atoms with Crippen molar-refractivity contribution in [3.05, 3.63) is 0 Å². The lowest BCUT2D eigenvalue weighted by Crippen LogP contribution is -2.09. The molecule has 1 unspecified atom stereocenters. The highest BCUT2D eigenvalue weighted by Crippen LogP contribution is 2.41. The van der Waals surface area contributed by atoms with Gasteiger partial charge in [0.05, 0.1) is 6.10 Å². The highest BCUT2D eigenvalue weighted by atomic mass is 16.4. The van der Waals surface area contributed by atoms with Gasteiger partial charge >= 0.3 is 5.97 Å². The Kier molecular flexibility index (Phi) is 5.81. The number of carboxylic acids is 1. The molecule has 3 atom stereocenters. The standard InChI is InChI=1S/C13H24O3/c1-10-9-11(10)12(14)7-5-3-2-4-6-8-13(15)16/h10-12,14H,2-9H2,1H3,(H,15,16)/t10-,11-,12?/m0/s1. The number of aliphatic hydroxyl groups is 1. The highest BCUT2D eigenvalue weighted by Gasteiger charge is 2.37. The third-order valence-corrected chi connectivity index (χ3v) is 3.56. The van der Waals surface area contributed by atoms with Gasteiger partial charge in [-0.1, -0.05) is 32.6 Å². The number of carbonyl (C=O) groups is 1. The zero-order valence-corrected chi connectivity index (χ0v) is 10.2. The van der Waals surface area contributed by atoms with Gasteiger partial charge in [0.2, 0.25) is 0 Å². The number of aliphatic carboxylic acids is 1. The van der Waals surface area contributed by atoms with E-state index in [-0.39, 0.29) is 6.10 Å². The Balaban J connectivity index is 1.83. The number of rotatable bonds is 9. The number of carboxylic acid groups (broad SMARTS) is 1. The summed E-state index contributed by atoms with van der Waals surface area (Å²) in [6.45, 7) is 2.19. The first-order chi connectivity index (χ1) is 7.61. The van der Waals surface area contributed by atoms with Gasteiger partial charge in [0.15, 0.2) is 0 Å². The van der Waals surface area contributed by atoms with Crippen LogP contribution in [0.4, 0.5) is 0 Å². The lowest BCUT2D eigenvalue weighted by Gasteiger charge is -2.08. The topological polar surface area (TPSA) is 57.5 Å². The Morgan fingerprint density at radius 1 is 1.25 bits per heavy atom. The van der Waals surface area contributed by atoms with Gasteiger partial charge < -0.3 is 10.2 Å². The van der Waals surface area contributed by atoms with Gasteiger partial charge in [0.25, 0.3) is 0 Å². The molecule has 1 rings (SSSR count). The lowest BCUT2D eigenvalue weighted by atomic mass is 10.0. The van der Waals surface area contributed by atoms with Crippen LogP contribution >= 0.6 is 0 Å². The van der Waals surface area contributed by atoms with Gasteiger partial charge in [0.1, 0.15) is 0 Å². The zero-order valence-electron chi connectivity index (χ0n) is 10.2. The van der Waals surface area contributed by atoms with Crippen LogP contribution in [0.2, 0.25) is 0 Å². The smallest absolute Gasteiger partial charge is 0.303 e. The van der Waals surface area contributed by atoms with E-state index in [4.69, 9.17) is 5.11 Å². The number of unbranched alkanes of at least 4 members (excludes halogenated alkanes) is 4. The minimum atomic E-state index is -0.696. The van der Waals surface area contributed by atoms with E-state index >= 15 is 0 Å². The monoisotopic (exact) mass is 228 g/mol. The molecule has 2 N–H and O–H groups in total. The maximum Gasteiger partial charge on any atom is 0.303 e. The number of hydrogen-bond acceptors (Lipinski definition) is 2. The van der Waals surface area contributed by atoms with Gasteiger partial charge in [-0.15, -0.1) is 0 Å². The molecular formula is C13H24O3. The molecule has 16 heavy (non-hydrogen) atoms. The van der Waals surface area contributed by atoms with Crippen LogP contribution in [0.15, 0.2) is 0 Å². The van der Waals surface area contributed by atoms with E-state index in [2.05, 4.69) is 6.92 Å². The van der Waals surface area contributed by atoms with Crippen molar-refractivity contribution in [3.8, 4) is 0 Å². The van der Waals surface area contributed by atoms with E-state index in [1.807, 2.05) is 0 Å². The summed E-state index contributed by atoms with van der Waals surface area (Å²) in [6, 6.07) is 0. The molecule has 1 aliphatic carbocycles. The molecule has 3 heteroatoms. The van der Waals surface area contributed by atoms with E-state index in [9.17, 15) is 9.90 Å². The van der Waals surface area contributed by atoms with E-state index in [1.165, 1.54) is 6.42 Å². The summed E-state index contributed by atoms with van der Waals surface area (Å²) in [6.07, 6.45) is 7.42. The molecule has 3 nitrogen and oxygen atoms in total. The molecule has 1 saturated carbocycles. The largest absolute Gasteiger partial charge is 0.481 e. The molecule has 0 radical (unpaired) electrons. The molecule has 0 heterocycles. The Bertz CT molecular complexity index is 215. The maximum atomic E-state index is 10.3. The first-order valence-corrected chi connectivity index (χ1v) is 6.51. The van der Waals surface area contributed by atoms with Crippen LogP contribution < -0.4 is 0 Å². The third kappa shape index (κ3) is 5.50. The fourth-order valence-corrected chi connectivity index (χ4v) is 2.26. The van der Waals surface area contributed by atoms with E-state index in [1.54, 1.807) is 0 Å². The molecule has 0 bridgehead atoms. The molecule has 94 valence electrons. The van der Waals surface area contributed by atoms with E-state index in [0.717, 1.165) is 44.4 Å². The summed E-state index contributed by atoms with van der Waals surface area (Å²) in [7, 11) is 0. The molecule has 0 saturated heterocycles. The average Bonchev–Trinajstić information content (AvgIpc) is 2.93. The van der Waals surface area contributed by atoms with Crippen molar-refractivity contribution in [2.75, 3.05) is 0 Å². The lowest BCUT2D eigenvalue weighted by molar-refractivity contribution is -0.137. The van der Waals surface area contributed by atoms with Crippen LogP contribution in [0, 0.1) is 11.8 Å². The fourth-order valence-electron chi connectivity index (χ4n) is 2.26. The summed E-state index contributed by atoms with van der Waals surface area (Å²) in [5, 5.41) is 18.2. The van der Waals surface area contributed by atoms with E-state index < -0.39 is 5.97 Å². The van der Waals surface area contributed by atoms with Gasteiger partial charge in [-0.2, -0.15) is 0 Å². The zero-order chi connectivity index (χ0) is 12.0. The Morgan fingerprint density at radius 3 is 2.38 bits per heavy atom. The van der Waals surface area contributed by atoms with Crippen LogP contribution in [0.25, 0.3) is 0 Å². The van der Waals surface area contributed by atoms with Gasteiger partial charge in [-0.25, -0.2) is 0 Å². The molecule has 0 aromatic heterocycles. The van der Waals surface area contributed by atoms with Crippen LogP contribution in [0.1, 0.15) is 58.3 Å². The van der Waals surface area contributed by atoms with E-state index in [0.29, 0.717) is 12.3 Å². The van der Waals surface area contributed by atoms with Crippen molar-refractivity contribution >= 4 is 5.97 Å². The summed E-state index contributed by atoms with van der Waals surface area (Å²) < 4.78 is 0. The normalized spacial score (nSPS) is 25.4. The molecule has 1 aliphatic rings. The number of hydrogen-bond donors (Lipinski definition) is 2. The van der Waals surface area contributed by atoms with Crippen molar-refractivity contribution < 1.29 is 15.0 Å². The Morgan fingerprint density at radius 2 is 1.81 bits per heavy atom. The Labute approximate surface area is 97.9 Å². The quantitative estimate of drug-likeness (QED) is 0.597. The molecular weight excluding hydrogens is 204 g/mol. The van der Waals surface area contributed by atoms with Crippen molar-refractivity contribution in [1.29, 1.82) is 0 Å². The van der Waals surface area contributed by atoms with Crippen molar-refractivity contribution in [2.45, 2.75) is 64.4 Å². The van der Waals surface area contributed by atoms with Gasteiger partial charge in [-0.05, 0) is 31.1 Å². The highest BCUT2D eigenvalue weighted by molar-refractivity contribution is 5.66. The molecule has 0 amide bonds. The maximum absolute atomic E-state index is 10.3. The average molecular weight is 228 g/mol. The second-order valence-corrected chi connectivity index (χ2v) is 5.14. The molecule has 0 aliphatic heterocycles. The van der Waals surface area contributed by atoms with Crippen LogP contribution in [0.5, 0.6) is 0 Å². The molecule has 0 aromatic rings.